The first kappa shape index (κ1) is 10.5. The van der Waals surface area contributed by atoms with Crippen molar-refractivity contribution < 1.29 is 0 Å². The molecule has 1 aromatic heterocycles. The Morgan fingerprint density at radius 2 is 1.81 bits per heavy atom. The summed E-state index contributed by atoms with van der Waals surface area (Å²) in [5, 5.41) is 0. The third-order valence-corrected chi connectivity index (χ3v) is 4.60. The third-order valence-electron chi connectivity index (χ3n) is 2.76. The Balaban J connectivity index is 2.17. The number of imidazole rings is 1. The molecule has 1 fully saturated rings. The smallest absolute Gasteiger partial charge is 0.142 e. The predicted octanol–water partition coefficient (Wildman–Crippen LogP) is 4.41. The lowest BCUT2D eigenvalue weighted by Gasteiger charge is -2.07. The zero-order chi connectivity index (χ0) is 11.1. The molecule has 2 aromatic rings. The second kappa shape index (κ2) is 4.00. The van der Waals surface area contributed by atoms with E-state index in [-0.39, 0.29) is 0 Å². The number of hydrogen-bond acceptors (Lipinski definition) is 1. The van der Waals surface area contributed by atoms with Gasteiger partial charge in [-0.05, 0) is 44.7 Å². The van der Waals surface area contributed by atoms with Crippen molar-refractivity contribution in [3.8, 4) is 11.4 Å². The third kappa shape index (κ3) is 1.74. The molecule has 0 aliphatic heterocycles. The van der Waals surface area contributed by atoms with Gasteiger partial charge in [0.2, 0.25) is 0 Å². The average Bonchev–Trinajstić information content (AvgIpc) is 3.09. The Labute approximate surface area is 111 Å². The minimum atomic E-state index is 0.614. The number of aromatic nitrogens is 2. The maximum atomic E-state index is 4.57. The SMILES string of the molecule is Brc1nc(-c2ccccc2)n(C2CC2)c1Br. The maximum absolute atomic E-state index is 4.57. The summed E-state index contributed by atoms with van der Waals surface area (Å²) in [5.41, 5.74) is 1.17. The maximum Gasteiger partial charge on any atom is 0.142 e. The minimum absolute atomic E-state index is 0.614. The van der Waals surface area contributed by atoms with E-state index in [0.29, 0.717) is 6.04 Å². The van der Waals surface area contributed by atoms with E-state index < -0.39 is 0 Å². The molecule has 0 bridgehead atoms. The molecule has 3 rings (SSSR count). The Bertz CT molecular complexity index is 515. The van der Waals surface area contributed by atoms with Crippen LogP contribution >= 0.6 is 31.9 Å². The Morgan fingerprint density at radius 3 is 2.44 bits per heavy atom. The predicted molar refractivity (Wildman–Crippen MR) is 71.3 cm³/mol. The highest BCUT2D eigenvalue weighted by Crippen LogP contribution is 2.43. The van der Waals surface area contributed by atoms with Crippen LogP contribution in [0.4, 0.5) is 0 Å². The lowest BCUT2D eigenvalue weighted by Crippen LogP contribution is -1.97. The van der Waals surface area contributed by atoms with Crippen molar-refractivity contribution in [2.24, 2.45) is 0 Å². The van der Waals surface area contributed by atoms with Gasteiger partial charge in [0, 0.05) is 11.6 Å². The summed E-state index contributed by atoms with van der Waals surface area (Å²) in [6.07, 6.45) is 2.50. The second-order valence-corrected chi connectivity index (χ2v) is 5.49. The van der Waals surface area contributed by atoms with Crippen LogP contribution in [0.2, 0.25) is 0 Å². The van der Waals surface area contributed by atoms with E-state index >= 15 is 0 Å². The van der Waals surface area contributed by atoms with E-state index in [0.717, 1.165) is 15.0 Å². The summed E-state index contributed by atoms with van der Waals surface area (Å²) < 4.78 is 4.21. The molecule has 0 atom stereocenters. The molecular weight excluding hydrogens is 332 g/mol. The van der Waals surface area contributed by atoms with Gasteiger partial charge in [0.1, 0.15) is 15.0 Å². The number of benzene rings is 1. The van der Waals surface area contributed by atoms with Crippen LogP contribution < -0.4 is 0 Å². The first-order valence-electron chi connectivity index (χ1n) is 5.26. The number of halogens is 2. The summed E-state index contributed by atoms with van der Waals surface area (Å²) in [4.78, 5) is 4.57. The van der Waals surface area contributed by atoms with Crippen LogP contribution in [0.3, 0.4) is 0 Å². The molecule has 0 spiro atoms. The van der Waals surface area contributed by atoms with E-state index in [9.17, 15) is 0 Å². The van der Waals surface area contributed by atoms with Crippen molar-refractivity contribution in [2.75, 3.05) is 0 Å². The lowest BCUT2D eigenvalue weighted by atomic mass is 10.2. The molecule has 1 aliphatic rings. The van der Waals surface area contributed by atoms with Gasteiger partial charge < -0.3 is 4.57 Å². The number of rotatable bonds is 2. The molecule has 1 saturated carbocycles. The number of hydrogen-bond donors (Lipinski definition) is 0. The molecule has 2 nitrogen and oxygen atoms in total. The van der Waals surface area contributed by atoms with Crippen LogP contribution in [0.15, 0.2) is 39.5 Å². The van der Waals surface area contributed by atoms with Crippen LogP contribution in [0.25, 0.3) is 11.4 Å². The zero-order valence-electron chi connectivity index (χ0n) is 8.53. The largest absolute Gasteiger partial charge is 0.315 e. The van der Waals surface area contributed by atoms with E-state index in [1.807, 2.05) is 18.2 Å². The molecule has 82 valence electrons. The van der Waals surface area contributed by atoms with Crippen LogP contribution in [0.1, 0.15) is 18.9 Å². The van der Waals surface area contributed by atoms with Gasteiger partial charge in [0.25, 0.3) is 0 Å². The average molecular weight is 342 g/mol. The normalized spacial score (nSPS) is 15.4. The van der Waals surface area contributed by atoms with Gasteiger partial charge in [-0.15, -0.1) is 0 Å². The zero-order valence-corrected chi connectivity index (χ0v) is 11.7. The fourth-order valence-electron chi connectivity index (χ4n) is 1.84. The Hall–Kier alpha value is -0.610. The Kier molecular flexibility index (Phi) is 2.64. The Morgan fingerprint density at radius 1 is 1.12 bits per heavy atom. The standard InChI is InChI=1S/C12H10Br2N2/c13-10-11(14)16(9-6-7-9)12(15-10)8-4-2-1-3-5-8/h1-5,9H,6-7H2. The fourth-order valence-corrected chi connectivity index (χ4v) is 2.75. The molecule has 4 heteroatoms. The van der Waals surface area contributed by atoms with Gasteiger partial charge in [-0.2, -0.15) is 0 Å². The van der Waals surface area contributed by atoms with Gasteiger partial charge in [0.15, 0.2) is 0 Å². The molecule has 0 amide bonds. The van der Waals surface area contributed by atoms with Crippen LogP contribution in [-0.4, -0.2) is 9.55 Å². The highest BCUT2D eigenvalue weighted by molar-refractivity contribution is 9.13. The van der Waals surface area contributed by atoms with Crippen molar-refractivity contribution in [1.82, 2.24) is 9.55 Å². The highest BCUT2D eigenvalue weighted by Gasteiger charge is 2.29. The quantitative estimate of drug-likeness (QED) is 0.791. The van der Waals surface area contributed by atoms with Crippen molar-refractivity contribution in [3.63, 3.8) is 0 Å². The molecule has 0 N–H and O–H groups in total. The summed E-state index contributed by atoms with van der Waals surface area (Å²) in [7, 11) is 0. The lowest BCUT2D eigenvalue weighted by molar-refractivity contribution is 0.733. The van der Waals surface area contributed by atoms with E-state index in [4.69, 9.17) is 0 Å². The highest BCUT2D eigenvalue weighted by atomic mass is 79.9. The topological polar surface area (TPSA) is 17.8 Å². The molecule has 0 radical (unpaired) electrons. The van der Waals surface area contributed by atoms with Gasteiger partial charge in [-0.3, -0.25) is 0 Å². The summed E-state index contributed by atoms with van der Waals surface area (Å²) in [6.45, 7) is 0. The van der Waals surface area contributed by atoms with Gasteiger partial charge in [-0.25, -0.2) is 4.98 Å². The summed E-state index contributed by atoms with van der Waals surface area (Å²) >= 11 is 7.07. The van der Waals surface area contributed by atoms with Crippen molar-refractivity contribution in [1.29, 1.82) is 0 Å². The monoisotopic (exact) mass is 340 g/mol. The van der Waals surface area contributed by atoms with E-state index in [1.165, 1.54) is 18.4 Å². The van der Waals surface area contributed by atoms with Crippen LogP contribution in [-0.2, 0) is 0 Å². The molecular formula is C12H10Br2N2. The molecule has 1 aliphatic carbocycles. The van der Waals surface area contributed by atoms with Crippen molar-refractivity contribution in [3.05, 3.63) is 39.5 Å². The van der Waals surface area contributed by atoms with E-state index in [1.54, 1.807) is 0 Å². The van der Waals surface area contributed by atoms with Gasteiger partial charge >= 0.3 is 0 Å². The molecule has 1 heterocycles. The van der Waals surface area contributed by atoms with Gasteiger partial charge in [0.05, 0.1) is 0 Å². The molecule has 1 aromatic carbocycles. The second-order valence-electron chi connectivity index (χ2n) is 3.98. The van der Waals surface area contributed by atoms with Gasteiger partial charge in [-0.1, -0.05) is 30.3 Å². The van der Waals surface area contributed by atoms with Crippen LogP contribution in [0, 0.1) is 0 Å². The molecule has 16 heavy (non-hydrogen) atoms. The molecule has 0 saturated heterocycles. The van der Waals surface area contributed by atoms with Crippen molar-refractivity contribution >= 4 is 31.9 Å². The fraction of sp³-hybridized carbons (Fsp3) is 0.250. The molecule has 0 unspecified atom stereocenters. The first-order valence-corrected chi connectivity index (χ1v) is 6.84. The van der Waals surface area contributed by atoms with Crippen molar-refractivity contribution in [2.45, 2.75) is 18.9 Å². The summed E-state index contributed by atoms with van der Waals surface area (Å²) in [6, 6.07) is 10.9. The number of nitrogens with zero attached hydrogens (tertiary/aromatic N) is 2. The first-order chi connectivity index (χ1) is 7.77. The van der Waals surface area contributed by atoms with E-state index in [2.05, 4.69) is 53.5 Å². The summed E-state index contributed by atoms with van der Waals surface area (Å²) in [5.74, 6) is 1.04. The van der Waals surface area contributed by atoms with Crippen LogP contribution in [0.5, 0.6) is 0 Å². The minimum Gasteiger partial charge on any atom is -0.315 e.